The summed E-state index contributed by atoms with van der Waals surface area (Å²) in [6, 6.07) is 9.51. The van der Waals surface area contributed by atoms with Crippen molar-refractivity contribution in [1.29, 1.82) is 0 Å². The van der Waals surface area contributed by atoms with Gasteiger partial charge in [0.15, 0.2) is 0 Å². The molecule has 0 spiro atoms. The zero-order chi connectivity index (χ0) is 14.5. The molecule has 6 heteroatoms. The summed E-state index contributed by atoms with van der Waals surface area (Å²) in [5.41, 5.74) is 2.92. The van der Waals surface area contributed by atoms with Crippen LogP contribution in [0.2, 0.25) is 5.02 Å². The third kappa shape index (κ3) is 3.55. The van der Waals surface area contributed by atoms with Crippen molar-refractivity contribution >= 4 is 23.7 Å². The number of aromatic hydroxyl groups is 1. The Morgan fingerprint density at radius 1 is 1.25 bits per heavy atom. The van der Waals surface area contributed by atoms with Gasteiger partial charge in [0.1, 0.15) is 11.6 Å². The van der Waals surface area contributed by atoms with Gasteiger partial charge in [-0.1, -0.05) is 11.6 Å². The highest BCUT2D eigenvalue weighted by Crippen LogP contribution is 2.19. The van der Waals surface area contributed by atoms with Crippen LogP contribution in [0.15, 0.2) is 47.6 Å². The highest BCUT2D eigenvalue weighted by atomic mass is 35.5. The summed E-state index contributed by atoms with van der Waals surface area (Å²) in [4.78, 5) is 11.7. The Kier molecular flexibility index (Phi) is 4.32. The van der Waals surface area contributed by atoms with Crippen LogP contribution in [-0.4, -0.2) is 17.2 Å². The zero-order valence-electron chi connectivity index (χ0n) is 10.2. The maximum atomic E-state index is 12.7. The fourth-order valence-electron chi connectivity index (χ4n) is 1.46. The van der Waals surface area contributed by atoms with Crippen LogP contribution in [0.1, 0.15) is 15.9 Å². The van der Waals surface area contributed by atoms with Gasteiger partial charge >= 0.3 is 0 Å². The number of nitrogens with zero attached hydrogens (tertiary/aromatic N) is 1. The summed E-state index contributed by atoms with van der Waals surface area (Å²) in [6.07, 6.45) is 1.27. The highest BCUT2D eigenvalue weighted by Gasteiger charge is 2.04. The fraction of sp³-hybridized carbons (Fsp3) is 0. The molecule has 0 bridgehead atoms. The first-order valence-electron chi connectivity index (χ1n) is 5.64. The van der Waals surface area contributed by atoms with Crippen LogP contribution in [0.25, 0.3) is 0 Å². The number of carbonyl (C=O) groups excluding carboxylic acids is 1. The number of halogens is 2. The molecular weight excluding hydrogens is 283 g/mol. The topological polar surface area (TPSA) is 61.7 Å². The summed E-state index contributed by atoms with van der Waals surface area (Å²) >= 11 is 5.77. The minimum atomic E-state index is -0.484. The first-order valence-corrected chi connectivity index (χ1v) is 6.01. The Bertz CT molecular complexity index is 657. The number of hydrazone groups is 1. The molecule has 2 aromatic rings. The molecule has 0 saturated heterocycles. The molecule has 0 radical (unpaired) electrons. The maximum absolute atomic E-state index is 12.7. The summed E-state index contributed by atoms with van der Waals surface area (Å²) in [5.74, 6) is -0.911. The van der Waals surface area contributed by atoms with Crippen molar-refractivity contribution in [2.45, 2.75) is 0 Å². The second-order valence-corrected chi connectivity index (χ2v) is 4.35. The molecule has 0 fully saturated rings. The summed E-state index contributed by atoms with van der Waals surface area (Å²) < 4.78 is 12.7. The van der Waals surface area contributed by atoms with Gasteiger partial charge in [0.05, 0.1) is 6.21 Å². The van der Waals surface area contributed by atoms with Crippen molar-refractivity contribution in [1.82, 2.24) is 5.43 Å². The lowest BCUT2D eigenvalue weighted by Crippen LogP contribution is -2.17. The molecule has 2 N–H and O–H groups in total. The van der Waals surface area contributed by atoms with Gasteiger partial charge in [-0.05, 0) is 42.5 Å². The smallest absolute Gasteiger partial charge is 0.271 e. The van der Waals surface area contributed by atoms with Crippen LogP contribution in [0.5, 0.6) is 5.75 Å². The average molecular weight is 293 g/mol. The zero-order valence-corrected chi connectivity index (χ0v) is 10.9. The molecule has 0 aromatic heterocycles. The predicted molar refractivity (Wildman–Crippen MR) is 74.6 cm³/mol. The van der Waals surface area contributed by atoms with E-state index < -0.39 is 11.7 Å². The van der Waals surface area contributed by atoms with Crippen molar-refractivity contribution < 1.29 is 14.3 Å². The van der Waals surface area contributed by atoms with E-state index in [1.165, 1.54) is 48.7 Å². The average Bonchev–Trinajstić information content (AvgIpc) is 2.43. The standard InChI is InChI=1S/C14H10ClFN2O2/c15-11-3-6-13(19)10(7-11)8-17-18-14(20)9-1-4-12(16)5-2-9/h1-8,19H,(H,18,20)/b17-8-. The molecule has 0 aliphatic heterocycles. The van der Waals surface area contributed by atoms with Crippen molar-refractivity contribution in [3.63, 3.8) is 0 Å². The minimum absolute atomic E-state index is 0.00539. The summed E-state index contributed by atoms with van der Waals surface area (Å²) in [5, 5.41) is 13.7. The lowest BCUT2D eigenvalue weighted by Gasteiger charge is -2.01. The van der Waals surface area contributed by atoms with Crippen LogP contribution in [-0.2, 0) is 0 Å². The van der Waals surface area contributed by atoms with Crippen LogP contribution in [0, 0.1) is 5.82 Å². The number of phenolic OH excluding ortho intramolecular Hbond substituents is 1. The lowest BCUT2D eigenvalue weighted by atomic mass is 10.2. The molecule has 0 unspecified atom stereocenters. The molecule has 4 nitrogen and oxygen atoms in total. The SMILES string of the molecule is O=C(N/N=C\c1cc(Cl)ccc1O)c1ccc(F)cc1. The number of hydrogen-bond acceptors (Lipinski definition) is 3. The Morgan fingerprint density at radius 2 is 1.95 bits per heavy atom. The molecule has 0 aliphatic rings. The number of nitrogens with one attached hydrogen (secondary N) is 1. The molecule has 20 heavy (non-hydrogen) atoms. The number of hydrogen-bond donors (Lipinski definition) is 2. The van der Waals surface area contributed by atoms with Crippen LogP contribution < -0.4 is 5.43 Å². The lowest BCUT2D eigenvalue weighted by molar-refractivity contribution is 0.0955. The Morgan fingerprint density at radius 3 is 2.65 bits per heavy atom. The molecule has 1 amide bonds. The number of amides is 1. The third-order valence-electron chi connectivity index (χ3n) is 2.47. The van der Waals surface area contributed by atoms with E-state index in [2.05, 4.69) is 10.5 Å². The van der Waals surface area contributed by atoms with Gasteiger partial charge in [0.25, 0.3) is 5.91 Å². The van der Waals surface area contributed by atoms with Crippen LogP contribution in [0.4, 0.5) is 4.39 Å². The molecule has 2 aromatic carbocycles. The van der Waals surface area contributed by atoms with Crippen LogP contribution in [0.3, 0.4) is 0 Å². The molecule has 0 heterocycles. The third-order valence-corrected chi connectivity index (χ3v) is 2.70. The fourth-order valence-corrected chi connectivity index (χ4v) is 1.64. The van der Waals surface area contributed by atoms with E-state index in [-0.39, 0.29) is 11.3 Å². The monoisotopic (exact) mass is 292 g/mol. The predicted octanol–water partition coefficient (Wildman–Crippen LogP) is 2.95. The van der Waals surface area contributed by atoms with E-state index in [1.54, 1.807) is 0 Å². The first kappa shape index (κ1) is 14.0. The minimum Gasteiger partial charge on any atom is -0.507 e. The largest absolute Gasteiger partial charge is 0.507 e. The van der Waals surface area contributed by atoms with Gasteiger partial charge in [-0.15, -0.1) is 0 Å². The van der Waals surface area contributed by atoms with E-state index in [0.29, 0.717) is 10.6 Å². The quantitative estimate of drug-likeness (QED) is 0.675. The maximum Gasteiger partial charge on any atom is 0.271 e. The van der Waals surface area contributed by atoms with Gasteiger partial charge in [0, 0.05) is 16.1 Å². The Labute approximate surface area is 119 Å². The van der Waals surface area contributed by atoms with E-state index in [4.69, 9.17) is 11.6 Å². The number of phenols is 1. The molecular formula is C14H10ClFN2O2. The molecule has 102 valence electrons. The normalized spacial score (nSPS) is 10.7. The second-order valence-electron chi connectivity index (χ2n) is 3.91. The van der Waals surface area contributed by atoms with E-state index in [1.807, 2.05) is 0 Å². The van der Waals surface area contributed by atoms with Crippen LogP contribution >= 0.6 is 11.6 Å². The van der Waals surface area contributed by atoms with Crippen molar-refractivity contribution in [2.24, 2.45) is 5.10 Å². The molecule has 0 aliphatic carbocycles. The van der Waals surface area contributed by atoms with Crippen molar-refractivity contribution in [3.05, 3.63) is 64.4 Å². The molecule has 0 saturated carbocycles. The van der Waals surface area contributed by atoms with E-state index in [9.17, 15) is 14.3 Å². The van der Waals surface area contributed by atoms with Crippen molar-refractivity contribution in [3.8, 4) is 5.75 Å². The van der Waals surface area contributed by atoms with E-state index in [0.717, 1.165) is 0 Å². The molecule has 0 atom stereocenters. The van der Waals surface area contributed by atoms with Crippen molar-refractivity contribution in [2.75, 3.05) is 0 Å². The van der Waals surface area contributed by atoms with Gasteiger partial charge in [0.2, 0.25) is 0 Å². The Hall–Kier alpha value is -2.40. The van der Waals surface area contributed by atoms with Gasteiger partial charge < -0.3 is 5.11 Å². The summed E-state index contributed by atoms with van der Waals surface area (Å²) in [6.45, 7) is 0. The summed E-state index contributed by atoms with van der Waals surface area (Å²) in [7, 11) is 0. The number of carbonyl (C=O) groups is 1. The Balaban J connectivity index is 2.04. The first-order chi connectivity index (χ1) is 9.56. The van der Waals surface area contributed by atoms with E-state index >= 15 is 0 Å². The number of rotatable bonds is 3. The number of benzene rings is 2. The highest BCUT2D eigenvalue weighted by molar-refractivity contribution is 6.30. The van der Waals surface area contributed by atoms with Gasteiger partial charge in [-0.2, -0.15) is 5.10 Å². The molecule has 2 rings (SSSR count). The van der Waals surface area contributed by atoms with Gasteiger partial charge in [-0.25, -0.2) is 9.82 Å². The second kappa shape index (κ2) is 6.16. The van der Waals surface area contributed by atoms with Gasteiger partial charge in [-0.3, -0.25) is 4.79 Å².